The van der Waals surface area contributed by atoms with E-state index >= 15 is 0 Å². The van der Waals surface area contributed by atoms with Gasteiger partial charge in [0, 0.05) is 29.5 Å². The molecule has 144 valence electrons. The number of hydrogen-bond acceptors (Lipinski definition) is 5. The van der Waals surface area contributed by atoms with Crippen molar-refractivity contribution < 1.29 is 14.1 Å². The van der Waals surface area contributed by atoms with Crippen LogP contribution in [0.15, 0.2) is 64.6 Å². The number of amides is 1. The van der Waals surface area contributed by atoms with Crippen molar-refractivity contribution in [1.82, 2.24) is 0 Å². The molecule has 1 heterocycles. The lowest BCUT2D eigenvalue weighted by Crippen LogP contribution is -2.13. The first kappa shape index (κ1) is 19.9. The van der Waals surface area contributed by atoms with Crippen molar-refractivity contribution >= 4 is 35.0 Å². The van der Waals surface area contributed by atoms with Gasteiger partial charge < -0.3 is 9.73 Å². The maximum absolute atomic E-state index is 12.3. The summed E-state index contributed by atoms with van der Waals surface area (Å²) in [7, 11) is 0. The standard InChI is InChI=1S/C21H14ClN3O4/c1-13-2-4-15(5-3-13)24-21(26)14(12-23)10-17-7-9-20(29-17)18-8-6-16(25(27)28)11-19(18)22/h2-11H,1H3,(H,24,26)/b14-10-. The maximum atomic E-state index is 12.3. The molecule has 0 unspecified atom stereocenters. The summed E-state index contributed by atoms with van der Waals surface area (Å²) in [4.78, 5) is 22.6. The number of nitrogens with zero attached hydrogens (tertiary/aromatic N) is 2. The molecule has 1 N–H and O–H groups in total. The van der Waals surface area contributed by atoms with E-state index < -0.39 is 10.8 Å². The minimum atomic E-state index is -0.567. The molecule has 0 aliphatic rings. The van der Waals surface area contributed by atoms with Gasteiger partial charge in [-0.2, -0.15) is 5.26 Å². The smallest absolute Gasteiger partial charge is 0.270 e. The van der Waals surface area contributed by atoms with Crippen LogP contribution in [0.25, 0.3) is 17.4 Å². The molecule has 1 aromatic heterocycles. The van der Waals surface area contributed by atoms with Crippen LogP contribution in [0, 0.1) is 28.4 Å². The zero-order valence-corrected chi connectivity index (χ0v) is 15.9. The third kappa shape index (κ3) is 4.69. The Kier molecular flexibility index (Phi) is 5.77. The summed E-state index contributed by atoms with van der Waals surface area (Å²) in [5.41, 5.74) is 1.80. The highest BCUT2D eigenvalue weighted by molar-refractivity contribution is 6.33. The Morgan fingerprint density at radius 2 is 1.93 bits per heavy atom. The lowest BCUT2D eigenvalue weighted by atomic mass is 10.1. The zero-order chi connectivity index (χ0) is 21.0. The summed E-state index contributed by atoms with van der Waals surface area (Å²) in [6.07, 6.45) is 1.31. The normalized spacial score (nSPS) is 11.0. The zero-order valence-electron chi connectivity index (χ0n) is 15.2. The van der Waals surface area contributed by atoms with Crippen molar-refractivity contribution in [2.24, 2.45) is 0 Å². The van der Waals surface area contributed by atoms with Gasteiger partial charge in [-0.1, -0.05) is 29.3 Å². The molecule has 0 atom stereocenters. The van der Waals surface area contributed by atoms with Gasteiger partial charge in [-0.15, -0.1) is 0 Å². The summed E-state index contributed by atoms with van der Waals surface area (Å²) < 4.78 is 5.64. The minimum absolute atomic E-state index is 0.134. The number of halogens is 1. The van der Waals surface area contributed by atoms with E-state index in [4.69, 9.17) is 16.0 Å². The van der Waals surface area contributed by atoms with Crippen molar-refractivity contribution in [3.63, 3.8) is 0 Å². The van der Waals surface area contributed by atoms with E-state index in [0.717, 1.165) is 5.56 Å². The molecule has 0 aliphatic carbocycles. The van der Waals surface area contributed by atoms with Crippen LogP contribution in [0.4, 0.5) is 11.4 Å². The molecule has 29 heavy (non-hydrogen) atoms. The number of nitro benzene ring substituents is 1. The predicted octanol–water partition coefficient (Wildman–Crippen LogP) is 5.36. The van der Waals surface area contributed by atoms with Crippen molar-refractivity contribution in [3.8, 4) is 17.4 Å². The average molecular weight is 408 g/mol. The van der Waals surface area contributed by atoms with Crippen LogP contribution in [-0.4, -0.2) is 10.8 Å². The van der Waals surface area contributed by atoms with Crippen molar-refractivity contribution in [3.05, 3.63) is 86.6 Å². The highest BCUT2D eigenvalue weighted by atomic mass is 35.5. The number of carbonyl (C=O) groups is 1. The number of nitriles is 1. The molecular formula is C21H14ClN3O4. The van der Waals surface area contributed by atoms with E-state index in [1.54, 1.807) is 24.3 Å². The van der Waals surface area contributed by atoms with E-state index in [2.05, 4.69) is 5.32 Å². The van der Waals surface area contributed by atoms with Gasteiger partial charge in [0.15, 0.2) is 0 Å². The second-order valence-electron chi connectivity index (χ2n) is 6.11. The molecule has 0 aliphatic heterocycles. The lowest BCUT2D eigenvalue weighted by Gasteiger charge is -2.04. The number of nitro groups is 1. The van der Waals surface area contributed by atoms with Crippen LogP contribution in [0.2, 0.25) is 5.02 Å². The Hall–Kier alpha value is -3.89. The van der Waals surface area contributed by atoms with Crippen molar-refractivity contribution in [2.45, 2.75) is 6.92 Å². The topological polar surface area (TPSA) is 109 Å². The molecular weight excluding hydrogens is 394 g/mol. The molecule has 0 radical (unpaired) electrons. The number of benzene rings is 2. The average Bonchev–Trinajstić information content (AvgIpc) is 3.16. The Morgan fingerprint density at radius 3 is 2.55 bits per heavy atom. The van der Waals surface area contributed by atoms with Crippen molar-refractivity contribution in [2.75, 3.05) is 5.32 Å². The van der Waals surface area contributed by atoms with Crippen LogP contribution in [0.1, 0.15) is 11.3 Å². The first-order valence-electron chi connectivity index (χ1n) is 8.41. The highest BCUT2D eigenvalue weighted by Crippen LogP contribution is 2.32. The van der Waals surface area contributed by atoms with Crippen LogP contribution in [0.5, 0.6) is 0 Å². The number of hydrogen-bond donors (Lipinski definition) is 1. The summed E-state index contributed by atoms with van der Waals surface area (Å²) in [5.74, 6) is 0.0556. The van der Waals surface area contributed by atoms with Gasteiger partial charge >= 0.3 is 0 Å². The van der Waals surface area contributed by atoms with Gasteiger partial charge in [0.25, 0.3) is 11.6 Å². The molecule has 3 aromatic rings. The third-order valence-corrected chi connectivity index (χ3v) is 4.33. The van der Waals surface area contributed by atoms with Crippen LogP contribution in [0.3, 0.4) is 0 Å². The first-order valence-corrected chi connectivity index (χ1v) is 8.79. The monoisotopic (exact) mass is 407 g/mol. The van der Waals surface area contributed by atoms with Gasteiger partial charge in [-0.05, 0) is 37.3 Å². The van der Waals surface area contributed by atoms with E-state index in [-0.39, 0.29) is 22.0 Å². The van der Waals surface area contributed by atoms with E-state index in [1.807, 2.05) is 25.1 Å². The Balaban J connectivity index is 1.82. The van der Waals surface area contributed by atoms with Crippen LogP contribution >= 0.6 is 11.6 Å². The Labute approximate surface area is 171 Å². The summed E-state index contributed by atoms with van der Waals surface area (Å²) >= 11 is 6.11. The van der Waals surface area contributed by atoms with Gasteiger partial charge in [0.2, 0.25) is 0 Å². The second-order valence-corrected chi connectivity index (χ2v) is 6.52. The molecule has 0 saturated heterocycles. The molecule has 0 saturated carbocycles. The predicted molar refractivity (Wildman–Crippen MR) is 109 cm³/mol. The molecule has 2 aromatic carbocycles. The fraction of sp³-hybridized carbons (Fsp3) is 0.0476. The number of rotatable bonds is 5. The number of furan rings is 1. The van der Waals surface area contributed by atoms with Crippen molar-refractivity contribution in [1.29, 1.82) is 5.26 Å². The molecule has 8 heteroatoms. The summed E-state index contributed by atoms with van der Waals surface area (Å²) in [6.45, 7) is 1.93. The van der Waals surface area contributed by atoms with Gasteiger partial charge in [0.1, 0.15) is 23.2 Å². The van der Waals surface area contributed by atoms with E-state index in [9.17, 15) is 20.2 Å². The number of nitrogens with one attached hydrogen (secondary N) is 1. The van der Waals surface area contributed by atoms with E-state index in [1.165, 1.54) is 24.3 Å². The van der Waals surface area contributed by atoms with Crippen LogP contribution in [-0.2, 0) is 4.79 Å². The van der Waals surface area contributed by atoms with Gasteiger partial charge in [-0.3, -0.25) is 14.9 Å². The Morgan fingerprint density at radius 1 is 1.21 bits per heavy atom. The maximum Gasteiger partial charge on any atom is 0.270 e. The Bertz CT molecular complexity index is 1160. The number of carbonyl (C=O) groups excluding carboxylic acids is 1. The number of anilines is 1. The summed E-state index contributed by atoms with van der Waals surface area (Å²) in [6, 6.07) is 16.2. The molecule has 0 spiro atoms. The fourth-order valence-electron chi connectivity index (χ4n) is 2.52. The minimum Gasteiger partial charge on any atom is -0.457 e. The highest BCUT2D eigenvalue weighted by Gasteiger charge is 2.15. The quantitative estimate of drug-likeness (QED) is 0.265. The lowest BCUT2D eigenvalue weighted by molar-refractivity contribution is -0.384. The number of non-ortho nitro benzene ring substituents is 1. The largest absolute Gasteiger partial charge is 0.457 e. The van der Waals surface area contributed by atoms with Crippen LogP contribution < -0.4 is 5.32 Å². The molecule has 3 rings (SSSR count). The molecule has 7 nitrogen and oxygen atoms in total. The molecule has 1 amide bonds. The second kappa shape index (κ2) is 8.42. The molecule has 0 fully saturated rings. The first-order chi connectivity index (χ1) is 13.9. The SMILES string of the molecule is Cc1ccc(NC(=O)/C(C#N)=C\c2ccc(-c3ccc([N+](=O)[O-])cc3Cl)o2)cc1. The fourth-order valence-corrected chi connectivity index (χ4v) is 2.79. The molecule has 0 bridgehead atoms. The van der Waals surface area contributed by atoms with Gasteiger partial charge in [0.05, 0.1) is 9.95 Å². The van der Waals surface area contributed by atoms with Gasteiger partial charge in [-0.25, -0.2) is 0 Å². The summed E-state index contributed by atoms with van der Waals surface area (Å²) in [5, 5.41) is 22.9. The third-order valence-electron chi connectivity index (χ3n) is 4.02. The van der Waals surface area contributed by atoms with E-state index in [0.29, 0.717) is 17.0 Å². The number of aryl methyl sites for hydroxylation is 1.